The molecule has 0 heterocycles. The average molecular weight is 678 g/mol. The largest absolute Gasteiger partial charge is 0.544 e. The van der Waals surface area contributed by atoms with Crippen molar-refractivity contribution in [2.24, 2.45) is 0 Å². The number of hydrogen-bond donors (Lipinski definition) is 0. The van der Waals surface area contributed by atoms with E-state index in [4.69, 9.17) is 14.2 Å². The third-order valence-corrected chi connectivity index (χ3v) is 8.29. The van der Waals surface area contributed by atoms with Crippen LogP contribution in [0.15, 0.2) is 36.5 Å². The van der Waals surface area contributed by atoms with Gasteiger partial charge in [-0.05, 0) is 44.9 Å². The number of nitrogens with zero attached hydrogens (tertiary/aromatic N) is 1. The quantitative estimate of drug-likeness (QED) is 0.0299. The zero-order valence-electron chi connectivity index (χ0n) is 31.4. The number of carboxylic acid groups (broad SMARTS) is 1. The number of carboxylic acids is 1. The first-order valence-corrected chi connectivity index (χ1v) is 19.0. The lowest BCUT2D eigenvalue weighted by Gasteiger charge is -2.34. The third-order valence-electron chi connectivity index (χ3n) is 8.29. The Hall–Kier alpha value is -2.45. The van der Waals surface area contributed by atoms with E-state index in [1.165, 1.54) is 51.4 Å². The summed E-state index contributed by atoms with van der Waals surface area (Å²) in [7, 11) is 5.38. The highest BCUT2D eigenvalue weighted by atomic mass is 16.6. The van der Waals surface area contributed by atoms with Gasteiger partial charge < -0.3 is 28.6 Å². The first-order chi connectivity index (χ1) is 23.1. The van der Waals surface area contributed by atoms with Gasteiger partial charge in [0, 0.05) is 19.3 Å². The molecule has 2 unspecified atom stereocenters. The number of allylic oxidation sites excluding steroid dienone is 6. The molecule has 0 rings (SSSR count). The van der Waals surface area contributed by atoms with Crippen molar-refractivity contribution in [3.05, 3.63) is 36.5 Å². The SMILES string of the molecule is CC/C=C\C/C=C\C/C=C\CCCCCC(=O)OC(COCCC(C(=O)[O-])[N+](C)(C)C)COC(=O)CCCCCCCCCCCCC. The average Bonchev–Trinajstić information content (AvgIpc) is 3.03. The van der Waals surface area contributed by atoms with Crippen LogP contribution in [0.4, 0.5) is 0 Å². The lowest BCUT2D eigenvalue weighted by Crippen LogP contribution is -2.55. The molecule has 278 valence electrons. The van der Waals surface area contributed by atoms with Crippen LogP contribution in [0.1, 0.15) is 149 Å². The number of carbonyl (C=O) groups is 3. The lowest BCUT2D eigenvalue weighted by atomic mass is 10.1. The third kappa shape index (κ3) is 29.7. The Labute approximate surface area is 293 Å². The Morgan fingerprint density at radius 3 is 1.73 bits per heavy atom. The van der Waals surface area contributed by atoms with E-state index in [9.17, 15) is 19.5 Å². The summed E-state index contributed by atoms with van der Waals surface area (Å²) in [5, 5.41) is 11.6. The van der Waals surface area contributed by atoms with Gasteiger partial charge in [-0.25, -0.2) is 0 Å². The summed E-state index contributed by atoms with van der Waals surface area (Å²) in [5.41, 5.74) is 0. The van der Waals surface area contributed by atoms with Gasteiger partial charge in [-0.2, -0.15) is 0 Å². The molecule has 0 fully saturated rings. The number of quaternary nitrogens is 1. The lowest BCUT2D eigenvalue weighted by molar-refractivity contribution is -0.889. The molecule has 0 aliphatic carbocycles. The minimum atomic E-state index is -1.13. The Balaban J connectivity index is 4.48. The molecule has 0 aromatic heterocycles. The number of unbranched alkanes of at least 4 members (excludes halogenated alkanes) is 13. The number of rotatable bonds is 33. The molecule has 2 atom stereocenters. The summed E-state index contributed by atoms with van der Waals surface area (Å²) in [6.45, 7) is 4.49. The highest BCUT2D eigenvalue weighted by Crippen LogP contribution is 2.13. The summed E-state index contributed by atoms with van der Waals surface area (Å²) in [6.07, 6.45) is 33.1. The van der Waals surface area contributed by atoms with E-state index >= 15 is 0 Å². The maximum atomic E-state index is 12.6. The summed E-state index contributed by atoms with van der Waals surface area (Å²) in [6, 6.07) is -0.728. The molecule has 0 saturated carbocycles. The zero-order valence-corrected chi connectivity index (χ0v) is 31.4. The van der Waals surface area contributed by atoms with Gasteiger partial charge in [0.05, 0.1) is 40.3 Å². The van der Waals surface area contributed by atoms with Crippen LogP contribution in [0.5, 0.6) is 0 Å². The predicted molar refractivity (Wildman–Crippen MR) is 194 cm³/mol. The summed E-state index contributed by atoms with van der Waals surface area (Å²) < 4.78 is 17.0. The molecule has 8 nitrogen and oxygen atoms in total. The molecule has 0 aliphatic heterocycles. The maximum Gasteiger partial charge on any atom is 0.306 e. The molecule has 0 bridgehead atoms. The van der Waals surface area contributed by atoms with Gasteiger partial charge in [0.25, 0.3) is 0 Å². The van der Waals surface area contributed by atoms with Gasteiger partial charge in [0.1, 0.15) is 12.6 Å². The van der Waals surface area contributed by atoms with Crippen molar-refractivity contribution in [2.75, 3.05) is 41.0 Å². The summed E-state index contributed by atoms with van der Waals surface area (Å²) in [5.74, 6) is -1.78. The Morgan fingerprint density at radius 1 is 0.646 bits per heavy atom. The van der Waals surface area contributed by atoms with Gasteiger partial charge >= 0.3 is 11.9 Å². The number of aliphatic carboxylic acids is 1. The van der Waals surface area contributed by atoms with Gasteiger partial charge in [-0.15, -0.1) is 0 Å². The van der Waals surface area contributed by atoms with E-state index in [2.05, 4.69) is 50.3 Å². The fraction of sp³-hybridized carbons (Fsp3) is 0.775. The van der Waals surface area contributed by atoms with Crippen LogP contribution < -0.4 is 5.11 Å². The van der Waals surface area contributed by atoms with Crippen LogP contribution in [0.25, 0.3) is 0 Å². The van der Waals surface area contributed by atoms with Gasteiger partial charge in [0.15, 0.2) is 6.10 Å². The Morgan fingerprint density at radius 2 is 1.17 bits per heavy atom. The van der Waals surface area contributed by atoms with E-state index in [1.807, 2.05) is 0 Å². The molecule has 0 radical (unpaired) electrons. The molecular weight excluding hydrogens is 606 g/mol. The van der Waals surface area contributed by atoms with E-state index < -0.39 is 18.1 Å². The van der Waals surface area contributed by atoms with Crippen LogP contribution in [0.3, 0.4) is 0 Å². The van der Waals surface area contributed by atoms with Crippen molar-refractivity contribution < 1.29 is 38.2 Å². The smallest absolute Gasteiger partial charge is 0.306 e. The van der Waals surface area contributed by atoms with Crippen LogP contribution >= 0.6 is 0 Å². The maximum absolute atomic E-state index is 12.6. The van der Waals surface area contributed by atoms with Crippen molar-refractivity contribution in [3.63, 3.8) is 0 Å². The number of carbonyl (C=O) groups excluding carboxylic acids is 3. The number of ether oxygens (including phenoxy) is 3. The van der Waals surface area contributed by atoms with Crippen LogP contribution in [-0.4, -0.2) is 75.5 Å². The standard InChI is InChI=1S/C40H71NO7/c1-6-8-10-12-14-16-18-19-21-23-25-27-29-31-39(43)48-36(34-46-33-32-37(40(44)45)41(3,4)5)35-47-38(42)30-28-26-24-22-20-17-15-13-11-9-7-2/h8,10,14,16,19,21,36-37H,6-7,9,11-13,15,17-18,20,22-35H2,1-5H3/b10-8-,16-14-,21-19-. The topological polar surface area (TPSA) is 102 Å². The molecule has 0 saturated heterocycles. The normalized spacial score (nSPS) is 13.4. The monoisotopic (exact) mass is 678 g/mol. The summed E-state index contributed by atoms with van der Waals surface area (Å²) in [4.78, 5) is 36.6. The van der Waals surface area contributed by atoms with Gasteiger partial charge in [0.2, 0.25) is 0 Å². The Kier molecular flexibility index (Phi) is 30.2. The molecule has 0 amide bonds. The molecule has 0 N–H and O–H groups in total. The van der Waals surface area contributed by atoms with E-state index in [0.717, 1.165) is 64.2 Å². The van der Waals surface area contributed by atoms with Gasteiger partial charge in [-0.3, -0.25) is 9.59 Å². The molecular formula is C40H71NO7. The van der Waals surface area contributed by atoms with Crippen LogP contribution in [-0.2, 0) is 28.6 Å². The van der Waals surface area contributed by atoms with E-state index in [0.29, 0.717) is 6.42 Å². The van der Waals surface area contributed by atoms with Crippen LogP contribution in [0.2, 0.25) is 0 Å². The Bertz CT molecular complexity index is 891. The molecule has 0 aliphatic rings. The second-order valence-corrected chi connectivity index (χ2v) is 13.8. The minimum Gasteiger partial charge on any atom is -0.544 e. The van der Waals surface area contributed by atoms with Crippen molar-refractivity contribution in [3.8, 4) is 0 Å². The highest BCUT2D eigenvalue weighted by Gasteiger charge is 2.25. The number of esters is 2. The first kappa shape index (κ1) is 45.6. The molecule has 8 heteroatoms. The minimum absolute atomic E-state index is 0.0303. The fourth-order valence-corrected chi connectivity index (χ4v) is 5.32. The zero-order chi connectivity index (χ0) is 35.7. The highest BCUT2D eigenvalue weighted by molar-refractivity contribution is 5.70. The van der Waals surface area contributed by atoms with Gasteiger partial charge in [-0.1, -0.05) is 121 Å². The fourth-order valence-electron chi connectivity index (χ4n) is 5.32. The number of likely N-dealkylation sites (N-methyl/N-ethyl adjacent to an activating group) is 1. The van der Waals surface area contributed by atoms with Crippen molar-refractivity contribution in [1.29, 1.82) is 0 Å². The number of hydrogen-bond acceptors (Lipinski definition) is 7. The van der Waals surface area contributed by atoms with Crippen molar-refractivity contribution >= 4 is 17.9 Å². The predicted octanol–water partition coefficient (Wildman–Crippen LogP) is 8.18. The van der Waals surface area contributed by atoms with Crippen molar-refractivity contribution in [2.45, 2.75) is 161 Å². The van der Waals surface area contributed by atoms with E-state index in [-0.39, 0.29) is 49.1 Å². The molecule has 0 aromatic carbocycles. The molecule has 0 aromatic rings. The van der Waals surface area contributed by atoms with Crippen LogP contribution in [0, 0.1) is 0 Å². The van der Waals surface area contributed by atoms with E-state index in [1.54, 1.807) is 21.1 Å². The first-order valence-electron chi connectivity index (χ1n) is 19.0. The second-order valence-electron chi connectivity index (χ2n) is 13.8. The summed E-state index contributed by atoms with van der Waals surface area (Å²) >= 11 is 0. The van der Waals surface area contributed by atoms with Crippen molar-refractivity contribution in [1.82, 2.24) is 0 Å². The molecule has 48 heavy (non-hydrogen) atoms. The second kappa shape index (κ2) is 31.8. The molecule has 0 spiro atoms.